The molecule has 2 rings (SSSR count). The molecule has 0 unspecified atom stereocenters. The first kappa shape index (κ1) is 12.6. The smallest absolute Gasteiger partial charge is 0.337 e. The Morgan fingerprint density at radius 2 is 1.94 bits per heavy atom. The van der Waals surface area contributed by atoms with Crippen LogP contribution in [0, 0.1) is 5.92 Å². The molecule has 0 spiro atoms. The highest BCUT2D eigenvalue weighted by Crippen LogP contribution is 2.48. The highest BCUT2D eigenvalue weighted by Gasteiger charge is 2.45. The van der Waals surface area contributed by atoms with Gasteiger partial charge in [0.1, 0.15) is 0 Å². The van der Waals surface area contributed by atoms with Crippen LogP contribution in [0.2, 0.25) is 0 Å². The molecule has 0 bridgehead atoms. The van der Waals surface area contributed by atoms with Crippen molar-refractivity contribution in [3.05, 3.63) is 35.4 Å². The molecule has 18 heavy (non-hydrogen) atoms. The summed E-state index contributed by atoms with van der Waals surface area (Å²) in [6.45, 7) is 2.23. The number of ether oxygens (including phenoxy) is 2. The quantitative estimate of drug-likeness (QED) is 0.766. The van der Waals surface area contributed by atoms with E-state index in [1.165, 1.54) is 7.11 Å². The monoisotopic (exact) mass is 248 g/mol. The van der Waals surface area contributed by atoms with Crippen molar-refractivity contribution in [2.45, 2.75) is 19.3 Å². The van der Waals surface area contributed by atoms with E-state index in [1.807, 2.05) is 12.1 Å². The van der Waals surface area contributed by atoms with Crippen LogP contribution in [0.15, 0.2) is 24.3 Å². The molecule has 0 heterocycles. The third kappa shape index (κ3) is 2.53. The SMILES string of the molecule is CCOC(=O)[C@H]1C[C@H]1c1ccc(C(=O)OC)cc1. The molecule has 96 valence electrons. The first-order valence-electron chi connectivity index (χ1n) is 6.02. The summed E-state index contributed by atoms with van der Waals surface area (Å²) in [6, 6.07) is 7.19. The highest BCUT2D eigenvalue weighted by atomic mass is 16.5. The number of carbonyl (C=O) groups is 2. The number of esters is 2. The molecule has 0 radical (unpaired) electrons. The fourth-order valence-electron chi connectivity index (χ4n) is 2.06. The zero-order valence-corrected chi connectivity index (χ0v) is 10.5. The van der Waals surface area contributed by atoms with E-state index in [2.05, 4.69) is 4.74 Å². The van der Waals surface area contributed by atoms with Crippen molar-refractivity contribution in [1.29, 1.82) is 0 Å². The van der Waals surface area contributed by atoms with Crippen LogP contribution in [0.3, 0.4) is 0 Å². The summed E-state index contributed by atoms with van der Waals surface area (Å²) in [4.78, 5) is 22.8. The van der Waals surface area contributed by atoms with Crippen LogP contribution in [0.4, 0.5) is 0 Å². The lowest BCUT2D eigenvalue weighted by atomic mass is 10.1. The third-order valence-electron chi connectivity index (χ3n) is 3.14. The van der Waals surface area contributed by atoms with Crippen LogP contribution in [-0.4, -0.2) is 25.7 Å². The van der Waals surface area contributed by atoms with Crippen molar-refractivity contribution in [2.75, 3.05) is 13.7 Å². The zero-order chi connectivity index (χ0) is 13.1. The van der Waals surface area contributed by atoms with Crippen molar-refractivity contribution in [1.82, 2.24) is 0 Å². The summed E-state index contributed by atoms with van der Waals surface area (Å²) in [5.41, 5.74) is 1.59. The van der Waals surface area contributed by atoms with Gasteiger partial charge in [-0.1, -0.05) is 12.1 Å². The molecule has 1 aliphatic rings. The minimum Gasteiger partial charge on any atom is -0.466 e. The maximum absolute atomic E-state index is 11.5. The Balaban J connectivity index is 2.00. The maximum atomic E-state index is 11.5. The van der Waals surface area contributed by atoms with E-state index in [0.29, 0.717) is 12.2 Å². The van der Waals surface area contributed by atoms with Crippen LogP contribution in [0.25, 0.3) is 0 Å². The van der Waals surface area contributed by atoms with Crippen LogP contribution >= 0.6 is 0 Å². The van der Waals surface area contributed by atoms with Gasteiger partial charge in [-0.25, -0.2) is 4.79 Å². The summed E-state index contributed by atoms with van der Waals surface area (Å²) in [5, 5.41) is 0. The number of methoxy groups -OCH3 is 1. The Morgan fingerprint density at radius 1 is 1.28 bits per heavy atom. The molecule has 1 aromatic rings. The Bertz CT molecular complexity index is 449. The van der Waals surface area contributed by atoms with Gasteiger partial charge in [0, 0.05) is 0 Å². The van der Waals surface area contributed by atoms with Gasteiger partial charge in [0.25, 0.3) is 0 Å². The van der Waals surface area contributed by atoms with Gasteiger partial charge in [0.15, 0.2) is 0 Å². The summed E-state index contributed by atoms with van der Waals surface area (Å²) < 4.78 is 9.61. The van der Waals surface area contributed by atoms with Gasteiger partial charge in [0.2, 0.25) is 0 Å². The topological polar surface area (TPSA) is 52.6 Å². The van der Waals surface area contributed by atoms with Crippen molar-refractivity contribution >= 4 is 11.9 Å². The van der Waals surface area contributed by atoms with Gasteiger partial charge in [-0.3, -0.25) is 4.79 Å². The van der Waals surface area contributed by atoms with Gasteiger partial charge < -0.3 is 9.47 Å². The fraction of sp³-hybridized carbons (Fsp3) is 0.429. The summed E-state index contributed by atoms with van der Waals surface area (Å²) in [6.07, 6.45) is 0.830. The maximum Gasteiger partial charge on any atom is 0.337 e. The molecule has 0 amide bonds. The predicted molar refractivity (Wildman–Crippen MR) is 65.3 cm³/mol. The molecule has 1 aliphatic carbocycles. The van der Waals surface area contributed by atoms with Gasteiger partial charge in [-0.2, -0.15) is 0 Å². The van der Waals surface area contributed by atoms with Gasteiger partial charge >= 0.3 is 11.9 Å². The molecular weight excluding hydrogens is 232 g/mol. The number of rotatable bonds is 4. The molecule has 1 fully saturated rings. The van der Waals surface area contributed by atoms with Crippen molar-refractivity contribution in [2.24, 2.45) is 5.92 Å². The van der Waals surface area contributed by atoms with E-state index < -0.39 is 0 Å². The van der Waals surface area contributed by atoms with E-state index in [4.69, 9.17) is 4.74 Å². The Kier molecular flexibility index (Phi) is 3.65. The lowest BCUT2D eigenvalue weighted by Crippen LogP contribution is -2.07. The fourth-order valence-corrected chi connectivity index (χ4v) is 2.06. The molecule has 0 N–H and O–H groups in total. The first-order chi connectivity index (χ1) is 8.67. The molecule has 1 aromatic carbocycles. The second-order valence-electron chi connectivity index (χ2n) is 4.31. The van der Waals surface area contributed by atoms with Crippen molar-refractivity contribution < 1.29 is 19.1 Å². The largest absolute Gasteiger partial charge is 0.466 e. The Hall–Kier alpha value is -1.84. The van der Waals surface area contributed by atoms with Crippen molar-refractivity contribution in [3.8, 4) is 0 Å². The molecule has 2 atom stereocenters. The van der Waals surface area contributed by atoms with E-state index in [-0.39, 0.29) is 23.8 Å². The minimum atomic E-state index is -0.348. The molecule has 4 heteroatoms. The highest BCUT2D eigenvalue weighted by molar-refractivity contribution is 5.89. The molecular formula is C14H16O4. The summed E-state index contributed by atoms with van der Waals surface area (Å²) in [7, 11) is 1.36. The van der Waals surface area contributed by atoms with Crippen LogP contribution < -0.4 is 0 Å². The second kappa shape index (κ2) is 5.21. The zero-order valence-electron chi connectivity index (χ0n) is 10.5. The van der Waals surface area contributed by atoms with Crippen LogP contribution in [-0.2, 0) is 14.3 Å². The number of hydrogen-bond donors (Lipinski definition) is 0. The van der Waals surface area contributed by atoms with E-state index in [9.17, 15) is 9.59 Å². The molecule has 4 nitrogen and oxygen atoms in total. The lowest BCUT2D eigenvalue weighted by Gasteiger charge is -2.03. The summed E-state index contributed by atoms with van der Waals surface area (Å²) in [5.74, 6) is -0.261. The van der Waals surface area contributed by atoms with E-state index >= 15 is 0 Å². The van der Waals surface area contributed by atoms with E-state index in [0.717, 1.165) is 12.0 Å². The lowest BCUT2D eigenvalue weighted by molar-refractivity contribution is -0.144. The average Bonchev–Trinajstić information content (AvgIpc) is 3.18. The van der Waals surface area contributed by atoms with Gasteiger partial charge in [-0.05, 0) is 37.0 Å². The minimum absolute atomic E-state index is 0.0195. The van der Waals surface area contributed by atoms with Crippen molar-refractivity contribution in [3.63, 3.8) is 0 Å². The molecule has 0 saturated heterocycles. The Morgan fingerprint density at radius 3 is 2.50 bits per heavy atom. The summed E-state index contributed by atoms with van der Waals surface area (Å²) >= 11 is 0. The average molecular weight is 248 g/mol. The van der Waals surface area contributed by atoms with E-state index in [1.54, 1.807) is 19.1 Å². The second-order valence-corrected chi connectivity index (χ2v) is 4.31. The first-order valence-corrected chi connectivity index (χ1v) is 6.02. The standard InChI is InChI=1S/C14H16O4/c1-3-18-14(16)12-8-11(12)9-4-6-10(7-5-9)13(15)17-2/h4-7,11-12H,3,8H2,1-2H3/t11-,12-/m0/s1. The van der Waals surface area contributed by atoms with Crippen LogP contribution in [0.1, 0.15) is 35.2 Å². The molecule has 0 aliphatic heterocycles. The molecule has 0 aromatic heterocycles. The number of hydrogen-bond acceptors (Lipinski definition) is 4. The number of carbonyl (C=O) groups excluding carboxylic acids is 2. The number of benzene rings is 1. The third-order valence-corrected chi connectivity index (χ3v) is 3.14. The van der Waals surface area contributed by atoms with Crippen LogP contribution in [0.5, 0.6) is 0 Å². The normalized spacial score (nSPS) is 21.2. The van der Waals surface area contributed by atoms with Gasteiger partial charge in [-0.15, -0.1) is 0 Å². The predicted octanol–water partition coefficient (Wildman–Crippen LogP) is 2.14. The van der Waals surface area contributed by atoms with Gasteiger partial charge in [0.05, 0.1) is 25.2 Å². The molecule has 1 saturated carbocycles. The Labute approximate surface area is 106 Å².